The highest BCUT2D eigenvalue weighted by Gasteiger charge is 2.57. The fraction of sp³-hybridized carbons (Fsp3) is 0.556. The standard InChI is InChI=1S/C18H23NO3/c1-13-5-4-6-14(11-13)17(7-2-3-8-17)12-19-15(20)18(9-10-18)16(21)22/h4-6,11H,2-3,7-10,12H2,1H3,(H,19,20)(H,21,22). The van der Waals surface area contributed by atoms with Gasteiger partial charge in [0.2, 0.25) is 5.91 Å². The SMILES string of the molecule is Cc1cccc(C2(CNC(=O)C3(C(=O)O)CC3)CCCC2)c1. The van der Waals surface area contributed by atoms with Crippen LogP contribution in [0.25, 0.3) is 0 Å². The second-order valence-electron chi connectivity index (χ2n) is 6.93. The molecule has 0 spiro atoms. The van der Waals surface area contributed by atoms with Crippen LogP contribution in [0.2, 0.25) is 0 Å². The Kier molecular flexibility index (Phi) is 3.71. The van der Waals surface area contributed by atoms with Crippen LogP contribution in [0.3, 0.4) is 0 Å². The van der Waals surface area contributed by atoms with E-state index < -0.39 is 11.4 Å². The van der Waals surface area contributed by atoms with E-state index in [0.29, 0.717) is 19.4 Å². The van der Waals surface area contributed by atoms with Gasteiger partial charge in [-0.05, 0) is 38.2 Å². The van der Waals surface area contributed by atoms with Crippen LogP contribution < -0.4 is 5.32 Å². The van der Waals surface area contributed by atoms with Crippen LogP contribution >= 0.6 is 0 Å². The summed E-state index contributed by atoms with van der Waals surface area (Å²) in [5.74, 6) is -1.29. The molecule has 3 rings (SSSR count). The highest BCUT2D eigenvalue weighted by Crippen LogP contribution is 2.47. The maximum Gasteiger partial charge on any atom is 0.319 e. The number of hydrogen-bond donors (Lipinski definition) is 2. The number of aliphatic carboxylic acids is 1. The first-order chi connectivity index (χ1) is 10.5. The van der Waals surface area contributed by atoms with Crippen LogP contribution in [0.4, 0.5) is 0 Å². The predicted octanol–water partition coefficient (Wildman–Crippen LogP) is 2.79. The lowest BCUT2D eigenvalue weighted by atomic mass is 9.78. The Labute approximate surface area is 130 Å². The van der Waals surface area contributed by atoms with Gasteiger partial charge in [-0.2, -0.15) is 0 Å². The molecule has 0 aromatic heterocycles. The van der Waals surface area contributed by atoms with E-state index in [9.17, 15) is 14.7 Å². The lowest BCUT2D eigenvalue weighted by Gasteiger charge is -2.31. The summed E-state index contributed by atoms with van der Waals surface area (Å²) in [6.45, 7) is 2.62. The van der Waals surface area contributed by atoms with E-state index in [-0.39, 0.29) is 11.3 Å². The second-order valence-corrected chi connectivity index (χ2v) is 6.93. The topological polar surface area (TPSA) is 66.4 Å². The molecule has 2 fully saturated rings. The Hall–Kier alpha value is -1.84. The number of carbonyl (C=O) groups is 2. The van der Waals surface area contributed by atoms with Crippen molar-refractivity contribution in [3.8, 4) is 0 Å². The van der Waals surface area contributed by atoms with Gasteiger partial charge in [-0.15, -0.1) is 0 Å². The van der Waals surface area contributed by atoms with Crippen molar-refractivity contribution in [2.45, 2.75) is 50.9 Å². The quantitative estimate of drug-likeness (QED) is 0.822. The first-order valence-electron chi connectivity index (χ1n) is 8.07. The van der Waals surface area contributed by atoms with Gasteiger partial charge in [0.1, 0.15) is 5.41 Å². The molecule has 2 saturated carbocycles. The van der Waals surface area contributed by atoms with Crippen LogP contribution in [0, 0.1) is 12.3 Å². The summed E-state index contributed by atoms with van der Waals surface area (Å²) in [5.41, 5.74) is 1.31. The van der Waals surface area contributed by atoms with Crippen molar-refractivity contribution in [1.82, 2.24) is 5.32 Å². The molecule has 1 aromatic rings. The third kappa shape index (κ3) is 2.51. The molecule has 22 heavy (non-hydrogen) atoms. The molecule has 0 radical (unpaired) electrons. The Morgan fingerprint density at radius 3 is 2.41 bits per heavy atom. The number of nitrogens with one attached hydrogen (secondary N) is 1. The maximum absolute atomic E-state index is 12.3. The highest BCUT2D eigenvalue weighted by atomic mass is 16.4. The fourth-order valence-corrected chi connectivity index (χ4v) is 3.68. The van der Waals surface area contributed by atoms with E-state index in [0.717, 1.165) is 25.7 Å². The third-order valence-corrected chi connectivity index (χ3v) is 5.37. The first-order valence-corrected chi connectivity index (χ1v) is 8.07. The molecule has 4 nitrogen and oxygen atoms in total. The van der Waals surface area contributed by atoms with Gasteiger partial charge < -0.3 is 10.4 Å². The van der Waals surface area contributed by atoms with Gasteiger partial charge in [-0.1, -0.05) is 42.7 Å². The summed E-state index contributed by atoms with van der Waals surface area (Å²) < 4.78 is 0. The fourth-order valence-electron chi connectivity index (χ4n) is 3.68. The van der Waals surface area contributed by atoms with Crippen LogP contribution in [0.5, 0.6) is 0 Å². The number of carbonyl (C=O) groups excluding carboxylic acids is 1. The average molecular weight is 301 g/mol. The van der Waals surface area contributed by atoms with Crippen molar-refractivity contribution in [1.29, 1.82) is 0 Å². The molecular weight excluding hydrogens is 278 g/mol. The molecule has 2 aliphatic carbocycles. The largest absolute Gasteiger partial charge is 0.480 e. The lowest BCUT2D eigenvalue weighted by Crippen LogP contribution is -2.44. The Bertz CT molecular complexity index is 598. The normalized spacial score (nSPS) is 21.3. The summed E-state index contributed by atoms with van der Waals surface area (Å²) in [5, 5.41) is 12.2. The number of benzene rings is 1. The van der Waals surface area contributed by atoms with Gasteiger partial charge in [-0.3, -0.25) is 9.59 Å². The molecule has 2 aliphatic rings. The van der Waals surface area contributed by atoms with Gasteiger partial charge in [0, 0.05) is 12.0 Å². The molecular formula is C18H23NO3. The van der Waals surface area contributed by atoms with Gasteiger partial charge >= 0.3 is 5.97 Å². The van der Waals surface area contributed by atoms with Crippen LogP contribution in [-0.2, 0) is 15.0 Å². The minimum atomic E-state index is -1.15. The number of aryl methyl sites for hydroxylation is 1. The minimum absolute atomic E-state index is 0.0315. The Balaban J connectivity index is 1.76. The molecule has 0 unspecified atom stereocenters. The van der Waals surface area contributed by atoms with Crippen LogP contribution in [0.1, 0.15) is 49.7 Å². The summed E-state index contributed by atoms with van der Waals surface area (Å²) in [7, 11) is 0. The summed E-state index contributed by atoms with van der Waals surface area (Å²) in [4.78, 5) is 23.5. The zero-order valence-electron chi connectivity index (χ0n) is 13.0. The zero-order chi connectivity index (χ0) is 15.8. The molecule has 1 amide bonds. The van der Waals surface area contributed by atoms with Gasteiger partial charge in [0.15, 0.2) is 0 Å². The maximum atomic E-state index is 12.3. The number of amides is 1. The number of hydrogen-bond acceptors (Lipinski definition) is 2. The summed E-state index contributed by atoms with van der Waals surface area (Å²) in [6, 6.07) is 8.47. The molecule has 0 aliphatic heterocycles. The van der Waals surface area contributed by atoms with E-state index in [2.05, 4.69) is 36.5 Å². The second kappa shape index (κ2) is 5.41. The molecule has 1 aromatic carbocycles. The monoisotopic (exact) mass is 301 g/mol. The van der Waals surface area contributed by atoms with Gasteiger partial charge in [0.05, 0.1) is 0 Å². The molecule has 0 atom stereocenters. The van der Waals surface area contributed by atoms with Crippen molar-refractivity contribution in [2.24, 2.45) is 5.41 Å². The molecule has 118 valence electrons. The van der Waals surface area contributed by atoms with Crippen molar-refractivity contribution >= 4 is 11.9 Å². The Morgan fingerprint density at radius 2 is 1.86 bits per heavy atom. The highest BCUT2D eigenvalue weighted by molar-refractivity contribution is 6.04. The Morgan fingerprint density at radius 1 is 1.18 bits per heavy atom. The summed E-state index contributed by atoms with van der Waals surface area (Å²) >= 11 is 0. The first kappa shape index (κ1) is 15.1. The van der Waals surface area contributed by atoms with Crippen LogP contribution in [-0.4, -0.2) is 23.5 Å². The van der Waals surface area contributed by atoms with Crippen LogP contribution in [0.15, 0.2) is 24.3 Å². The van der Waals surface area contributed by atoms with E-state index >= 15 is 0 Å². The predicted molar refractivity (Wildman–Crippen MR) is 83.6 cm³/mol. The van der Waals surface area contributed by atoms with E-state index in [1.54, 1.807) is 0 Å². The molecule has 0 bridgehead atoms. The van der Waals surface area contributed by atoms with E-state index in [4.69, 9.17) is 0 Å². The van der Waals surface area contributed by atoms with Crippen molar-refractivity contribution in [3.05, 3.63) is 35.4 Å². The third-order valence-electron chi connectivity index (χ3n) is 5.37. The molecule has 0 heterocycles. The smallest absolute Gasteiger partial charge is 0.319 e. The summed E-state index contributed by atoms with van der Waals surface area (Å²) in [6.07, 6.45) is 5.35. The van der Waals surface area contributed by atoms with E-state index in [1.807, 2.05) is 0 Å². The lowest BCUT2D eigenvalue weighted by molar-refractivity contribution is -0.149. The zero-order valence-corrected chi connectivity index (χ0v) is 13.0. The average Bonchev–Trinajstić information content (AvgIpc) is 3.18. The van der Waals surface area contributed by atoms with Crippen molar-refractivity contribution in [2.75, 3.05) is 6.54 Å². The van der Waals surface area contributed by atoms with Gasteiger partial charge in [0.25, 0.3) is 0 Å². The molecule has 4 heteroatoms. The van der Waals surface area contributed by atoms with Gasteiger partial charge in [-0.25, -0.2) is 0 Å². The number of carboxylic acid groups (broad SMARTS) is 1. The molecule has 0 saturated heterocycles. The minimum Gasteiger partial charge on any atom is -0.480 e. The van der Waals surface area contributed by atoms with E-state index in [1.165, 1.54) is 11.1 Å². The van der Waals surface area contributed by atoms with Crippen molar-refractivity contribution in [3.63, 3.8) is 0 Å². The molecule has 2 N–H and O–H groups in total. The number of carboxylic acids is 1. The van der Waals surface area contributed by atoms with Crippen molar-refractivity contribution < 1.29 is 14.7 Å². The number of rotatable bonds is 5.